The number of benzene rings is 1. The normalized spacial score (nSPS) is 17.3. The number of carbonyl (C=O) groups is 1. The second-order valence-electron chi connectivity index (χ2n) is 5.11. The zero-order chi connectivity index (χ0) is 12.3. The largest absolute Gasteiger partial charge is 0.493 e. The molecule has 0 spiro atoms. The molecule has 1 aromatic carbocycles. The third-order valence-electron chi connectivity index (χ3n) is 2.86. The van der Waals surface area contributed by atoms with E-state index in [4.69, 9.17) is 9.47 Å². The molecule has 1 aliphatic heterocycles. The van der Waals surface area contributed by atoms with Crippen molar-refractivity contribution < 1.29 is 14.3 Å². The van der Waals surface area contributed by atoms with Crippen LogP contribution in [0.25, 0.3) is 0 Å². The van der Waals surface area contributed by atoms with Gasteiger partial charge in [-0.25, -0.2) is 0 Å². The first-order valence-electron chi connectivity index (χ1n) is 5.86. The number of Topliss-reactive ketones (excluding diaryl/α,β-unsaturated/α-hetero) is 1. The van der Waals surface area contributed by atoms with Gasteiger partial charge in [0.15, 0.2) is 0 Å². The van der Waals surface area contributed by atoms with Crippen LogP contribution in [-0.4, -0.2) is 25.6 Å². The van der Waals surface area contributed by atoms with E-state index in [-0.39, 0.29) is 11.2 Å². The SMILES string of the molecule is CC(=O)Cc1ccc(OCC2(C)COC2)cc1. The van der Waals surface area contributed by atoms with Crippen LogP contribution in [0, 0.1) is 5.41 Å². The van der Waals surface area contributed by atoms with E-state index in [9.17, 15) is 4.79 Å². The topological polar surface area (TPSA) is 35.5 Å². The highest BCUT2D eigenvalue weighted by molar-refractivity contribution is 5.78. The fourth-order valence-corrected chi connectivity index (χ4v) is 1.78. The summed E-state index contributed by atoms with van der Waals surface area (Å²) in [6.07, 6.45) is 0.492. The van der Waals surface area contributed by atoms with Gasteiger partial charge in [0.05, 0.1) is 19.8 Å². The molecule has 0 bridgehead atoms. The number of rotatable bonds is 5. The fourth-order valence-electron chi connectivity index (χ4n) is 1.78. The Labute approximate surface area is 102 Å². The molecule has 0 aromatic heterocycles. The third-order valence-corrected chi connectivity index (χ3v) is 2.86. The van der Waals surface area contributed by atoms with Crippen molar-refractivity contribution in [1.29, 1.82) is 0 Å². The van der Waals surface area contributed by atoms with Gasteiger partial charge >= 0.3 is 0 Å². The second kappa shape index (κ2) is 4.88. The van der Waals surface area contributed by atoms with Gasteiger partial charge in [0, 0.05) is 11.8 Å². The molecule has 0 saturated carbocycles. The summed E-state index contributed by atoms with van der Waals surface area (Å²) in [5, 5.41) is 0. The van der Waals surface area contributed by atoms with Crippen LogP contribution in [0.3, 0.4) is 0 Å². The average molecular weight is 234 g/mol. The van der Waals surface area contributed by atoms with Crippen LogP contribution in [0.4, 0.5) is 0 Å². The van der Waals surface area contributed by atoms with Gasteiger partial charge in [0.1, 0.15) is 11.5 Å². The van der Waals surface area contributed by atoms with Crippen LogP contribution in [0.1, 0.15) is 19.4 Å². The Morgan fingerprint density at radius 3 is 2.47 bits per heavy atom. The molecule has 3 nitrogen and oxygen atoms in total. The summed E-state index contributed by atoms with van der Waals surface area (Å²) in [6.45, 7) is 5.98. The molecular weight excluding hydrogens is 216 g/mol. The lowest BCUT2D eigenvalue weighted by Crippen LogP contribution is -2.44. The maximum Gasteiger partial charge on any atom is 0.134 e. The van der Waals surface area contributed by atoms with Gasteiger partial charge in [0.2, 0.25) is 0 Å². The van der Waals surface area contributed by atoms with Crippen LogP contribution < -0.4 is 4.74 Å². The Kier molecular flexibility index (Phi) is 3.48. The fraction of sp³-hybridized carbons (Fsp3) is 0.500. The first-order chi connectivity index (χ1) is 8.07. The van der Waals surface area contributed by atoms with Crippen molar-refractivity contribution in [3.05, 3.63) is 29.8 Å². The molecule has 17 heavy (non-hydrogen) atoms. The molecule has 0 N–H and O–H groups in total. The summed E-state index contributed by atoms with van der Waals surface area (Å²) in [7, 11) is 0. The summed E-state index contributed by atoms with van der Waals surface area (Å²) in [4.78, 5) is 11.0. The van der Waals surface area contributed by atoms with E-state index in [1.165, 1.54) is 0 Å². The molecule has 0 radical (unpaired) electrons. The predicted octanol–water partition coefficient (Wildman–Crippen LogP) is 2.23. The van der Waals surface area contributed by atoms with Crippen molar-refractivity contribution in [1.82, 2.24) is 0 Å². The van der Waals surface area contributed by atoms with Crippen molar-refractivity contribution in [2.45, 2.75) is 20.3 Å². The number of hydrogen-bond acceptors (Lipinski definition) is 3. The van der Waals surface area contributed by atoms with Crippen LogP contribution in [-0.2, 0) is 16.0 Å². The molecule has 1 fully saturated rings. The number of ether oxygens (including phenoxy) is 2. The van der Waals surface area contributed by atoms with Gasteiger partial charge in [-0.1, -0.05) is 19.1 Å². The van der Waals surface area contributed by atoms with E-state index in [2.05, 4.69) is 6.92 Å². The maximum absolute atomic E-state index is 11.0. The van der Waals surface area contributed by atoms with E-state index < -0.39 is 0 Å². The highest BCUT2D eigenvalue weighted by Gasteiger charge is 2.34. The number of hydrogen-bond donors (Lipinski definition) is 0. The monoisotopic (exact) mass is 234 g/mol. The van der Waals surface area contributed by atoms with Gasteiger partial charge in [-0.05, 0) is 24.6 Å². The van der Waals surface area contributed by atoms with E-state index in [0.717, 1.165) is 24.5 Å². The molecule has 2 rings (SSSR count). The average Bonchev–Trinajstić information content (AvgIpc) is 2.25. The predicted molar refractivity (Wildman–Crippen MR) is 65.2 cm³/mol. The quantitative estimate of drug-likeness (QED) is 0.783. The Morgan fingerprint density at radius 2 is 2.00 bits per heavy atom. The van der Waals surface area contributed by atoms with Crippen molar-refractivity contribution in [2.75, 3.05) is 19.8 Å². The van der Waals surface area contributed by atoms with Crippen LogP contribution in [0.2, 0.25) is 0 Å². The molecule has 1 aliphatic rings. The van der Waals surface area contributed by atoms with Crippen LogP contribution in [0.15, 0.2) is 24.3 Å². The van der Waals surface area contributed by atoms with Gasteiger partial charge in [0.25, 0.3) is 0 Å². The van der Waals surface area contributed by atoms with Crippen molar-refractivity contribution in [2.24, 2.45) is 5.41 Å². The Balaban J connectivity index is 1.87. The summed E-state index contributed by atoms with van der Waals surface area (Å²) in [5.74, 6) is 1.03. The lowest BCUT2D eigenvalue weighted by molar-refractivity contribution is -0.120. The van der Waals surface area contributed by atoms with Crippen molar-refractivity contribution >= 4 is 5.78 Å². The summed E-state index contributed by atoms with van der Waals surface area (Å²) in [6, 6.07) is 7.72. The summed E-state index contributed by atoms with van der Waals surface area (Å²) >= 11 is 0. The van der Waals surface area contributed by atoms with E-state index >= 15 is 0 Å². The zero-order valence-corrected chi connectivity index (χ0v) is 10.4. The van der Waals surface area contributed by atoms with Gasteiger partial charge in [-0.3, -0.25) is 4.79 Å². The summed E-state index contributed by atoms with van der Waals surface area (Å²) in [5.41, 5.74) is 1.20. The van der Waals surface area contributed by atoms with E-state index in [0.29, 0.717) is 13.0 Å². The minimum atomic E-state index is 0.165. The van der Waals surface area contributed by atoms with Crippen molar-refractivity contribution in [3.63, 3.8) is 0 Å². The molecule has 1 aromatic rings. The Hall–Kier alpha value is -1.35. The minimum Gasteiger partial charge on any atom is -0.493 e. The molecule has 3 heteroatoms. The standard InChI is InChI=1S/C14H18O3/c1-11(15)7-12-3-5-13(6-4-12)17-10-14(2)8-16-9-14/h3-6H,7-10H2,1-2H3. The molecule has 1 heterocycles. The lowest BCUT2D eigenvalue weighted by Gasteiger charge is -2.37. The van der Waals surface area contributed by atoms with Crippen molar-refractivity contribution in [3.8, 4) is 5.75 Å². The second-order valence-corrected chi connectivity index (χ2v) is 5.11. The minimum absolute atomic E-state index is 0.165. The lowest BCUT2D eigenvalue weighted by atomic mass is 9.90. The molecule has 1 saturated heterocycles. The first-order valence-corrected chi connectivity index (χ1v) is 5.86. The molecule has 0 amide bonds. The first kappa shape index (κ1) is 12.1. The maximum atomic E-state index is 11.0. The summed E-state index contributed by atoms with van der Waals surface area (Å²) < 4.78 is 10.9. The molecule has 92 valence electrons. The molecule has 0 atom stereocenters. The van der Waals surface area contributed by atoms with E-state index in [1.807, 2.05) is 24.3 Å². The molecular formula is C14H18O3. The molecule has 0 aliphatic carbocycles. The smallest absolute Gasteiger partial charge is 0.134 e. The van der Waals surface area contributed by atoms with Gasteiger partial charge in [-0.15, -0.1) is 0 Å². The van der Waals surface area contributed by atoms with E-state index in [1.54, 1.807) is 6.92 Å². The third kappa shape index (κ3) is 3.30. The van der Waals surface area contributed by atoms with Crippen LogP contribution >= 0.6 is 0 Å². The Bertz CT molecular complexity index is 390. The number of carbonyl (C=O) groups excluding carboxylic acids is 1. The van der Waals surface area contributed by atoms with Gasteiger partial charge < -0.3 is 9.47 Å². The highest BCUT2D eigenvalue weighted by Crippen LogP contribution is 2.27. The highest BCUT2D eigenvalue weighted by atomic mass is 16.5. The molecule has 0 unspecified atom stereocenters. The Morgan fingerprint density at radius 1 is 1.35 bits per heavy atom. The zero-order valence-electron chi connectivity index (χ0n) is 10.4. The van der Waals surface area contributed by atoms with Crippen LogP contribution in [0.5, 0.6) is 5.75 Å². The van der Waals surface area contributed by atoms with Gasteiger partial charge in [-0.2, -0.15) is 0 Å². The number of ketones is 1.